The number of hydrogen-bond acceptors (Lipinski definition) is 4. The maximum Gasteiger partial charge on any atom is 0.255 e. The summed E-state index contributed by atoms with van der Waals surface area (Å²) < 4.78 is 6.12. The highest BCUT2D eigenvalue weighted by Gasteiger charge is 2.25. The smallest absolute Gasteiger partial charge is 0.255 e. The second kappa shape index (κ2) is 11.5. The highest BCUT2D eigenvalue weighted by atomic mass is 16.5. The van der Waals surface area contributed by atoms with Crippen LogP contribution in [0.15, 0.2) is 79.1 Å². The summed E-state index contributed by atoms with van der Waals surface area (Å²) in [7, 11) is 0. The molecule has 182 valence electrons. The van der Waals surface area contributed by atoms with Gasteiger partial charge in [-0.1, -0.05) is 42.5 Å². The molecule has 2 saturated heterocycles. The van der Waals surface area contributed by atoms with Crippen LogP contribution < -0.4 is 4.74 Å². The van der Waals surface area contributed by atoms with Crippen LogP contribution in [-0.2, 0) is 6.54 Å². The van der Waals surface area contributed by atoms with Crippen molar-refractivity contribution in [1.82, 2.24) is 14.8 Å². The van der Waals surface area contributed by atoms with Gasteiger partial charge in [-0.15, -0.1) is 0 Å². The molecule has 35 heavy (non-hydrogen) atoms. The Kier molecular flexibility index (Phi) is 7.74. The Morgan fingerprint density at radius 1 is 0.914 bits per heavy atom. The van der Waals surface area contributed by atoms with Crippen LogP contribution in [-0.4, -0.2) is 53.5 Å². The van der Waals surface area contributed by atoms with Crippen molar-refractivity contribution in [3.63, 3.8) is 0 Å². The maximum absolute atomic E-state index is 12.8. The number of carbonyl (C=O) groups excluding carboxylic acids is 1. The summed E-state index contributed by atoms with van der Waals surface area (Å²) in [6.45, 7) is 5.48. The van der Waals surface area contributed by atoms with Crippen LogP contribution in [0, 0.1) is 5.92 Å². The first kappa shape index (κ1) is 23.6. The lowest BCUT2D eigenvalue weighted by atomic mass is 9.89. The Balaban J connectivity index is 1.06. The number of pyridine rings is 1. The fourth-order valence-corrected chi connectivity index (χ4v) is 5.37. The molecule has 1 aromatic heterocycles. The lowest BCUT2D eigenvalue weighted by Gasteiger charge is -2.33. The van der Waals surface area contributed by atoms with Crippen LogP contribution in [0.1, 0.15) is 53.1 Å². The third-order valence-corrected chi connectivity index (χ3v) is 7.39. The van der Waals surface area contributed by atoms with E-state index in [1.165, 1.54) is 24.0 Å². The van der Waals surface area contributed by atoms with Gasteiger partial charge in [-0.25, -0.2) is 0 Å². The second-order valence-electron chi connectivity index (χ2n) is 9.92. The third-order valence-electron chi connectivity index (χ3n) is 7.39. The van der Waals surface area contributed by atoms with Gasteiger partial charge in [0.05, 0.1) is 12.2 Å². The van der Waals surface area contributed by atoms with Gasteiger partial charge < -0.3 is 9.64 Å². The van der Waals surface area contributed by atoms with Crippen molar-refractivity contribution in [2.45, 2.75) is 38.1 Å². The van der Waals surface area contributed by atoms with E-state index in [1.54, 1.807) is 12.4 Å². The zero-order valence-corrected chi connectivity index (χ0v) is 20.4. The minimum Gasteiger partial charge on any atom is -0.493 e. The SMILES string of the molecule is O=C(c1cccnc1)N1CCCC(COc2ccc(CN3CCC(c4ccccc4)CC3)cc2)C1. The molecule has 0 radical (unpaired) electrons. The molecule has 1 amide bonds. The predicted octanol–water partition coefficient (Wildman–Crippen LogP) is 5.39. The molecule has 2 aromatic carbocycles. The summed E-state index contributed by atoms with van der Waals surface area (Å²) >= 11 is 0. The van der Waals surface area contributed by atoms with Crippen molar-refractivity contribution in [3.05, 3.63) is 95.8 Å². The first-order valence-corrected chi connectivity index (χ1v) is 12.9. The standard InChI is InChI=1S/C30H35N3O2/c34-30(28-9-4-16-31-20-28)33-17-5-6-25(22-33)23-35-29-12-10-24(11-13-29)21-32-18-14-27(15-19-32)26-7-2-1-3-8-26/h1-4,7-13,16,20,25,27H,5-6,14-15,17-19,21-23H2. The highest BCUT2D eigenvalue weighted by Crippen LogP contribution is 2.28. The second-order valence-corrected chi connectivity index (χ2v) is 9.92. The summed E-state index contributed by atoms with van der Waals surface area (Å²) in [6, 6.07) is 23.1. The van der Waals surface area contributed by atoms with Gasteiger partial charge >= 0.3 is 0 Å². The molecule has 3 aromatic rings. The summed E-state index contributed by atoms with van der Waals surface area (Å²) in [4.78, 5) is 21.3. The van der Waals surface area contributed by atoms with Gasteiger partial charge in [-0.05, 0) is 80.1 Å². The van der Waals surface area contributed by atoms with E-state index in [9.17, 15) is 4.79 Å². The third kappa shape index (κ3) is 6.29. The van der Waals surface area contributed by atoms with Crippen molar-refractivity contribution in [2.24, 2.45) is 5.92 Å². The highest BCUT2D eigenvalue weighted by molar-refractivity contribution is 5.93. The summed E-state index contributed by atoms with van der Waals surface area (Å²) in [5.74, 6) is 2.03. The van der Waals surface area contributed by atoms with Gasteiger partial charge in [0.2, 0.25) is 0 Å². The van der Waals surface area contributed by atoms with Gasteiger partial charge in [0.25, 0.3) is 5.91 Å². The van der Waals surface area contributed by atoms with Gasteiger partial charge in [0, 0.05) is 37.9 Å². The quantitative estimate of drug-likeness (QED) is 0.465. The number of nitrogens with zero attached hydrogens (tertiary/aromatic N) is 3. The average Bonchev–Trinajstić information content (AvgIpc) is 2.94. The van der Waals surface area contributed by atoms with E-state index in [0.29, 0.717) is 24.0 Å². The fourth-order valence-electron chi connectivity index (χ4n) is 5.37. The Labute approximate surface area is 208 Å². The Bertz CT molecular complexity index is 1060. The zero-order chi connectivity index (χ0) is 23.9. The number of benzene rings is 2. The number of rotatable bonds is 7. The molecule has 5 nitrogen and oxygen atoms in total. The van der Waals surface area contributed by atoms with Crippen LogP contribution in [0.3, 0.4) is 0 Å². The number of likely N-dealkylation sites (tertiary alicyclic amines) is 2. The van der Waals surface area contributed by atoms with Crippen molar-refractivity contribution in [1.29, 1.82) is 0 Å². The van der Waals surface area contributed by atoms with Crippen molar-refractivity contribution in [3.8, 4) is 5.75 Å². The first-order chi connectivity index (χ1) is 17.2. The van der Waals surface area contributed by atoms with Crippen LogP contribution in [0.2, 0.25) is 0 Å². The monoisotopic (exact) mass is 469 g/mol. The number of aromatic nitrogens is 1. The predicted molar refractivity (Wildman–Crippen MR) is 138 cm³/mol. The molecular weight excluding hydrogens is 434 g/mol. The lowest BCUT2D eigenvalue weighted by molar-refractivity contribution is 0.0633. The molecule has 0 spiro atoms. The summed E-state index contributed by atoms with van der Waals surface area (Å²) in [5, 5.41) is 0. The summed E-state index contributed by atoms with van der Waals surface area (Å²) in [5.41, 5.74) is 3.48. The molecule has 5 heteroatoms. The Morgan fingerprint density at radius 2 is 1.71 bits per heavy atom. The number of amides is 1. The molecule has 0 N–H and O–H groups in total. The van der Waals surface area contributed by atoms with Crippen molar-refractivity contribution in [2.75, 3.05) is 32.8 Å². The van der Waals surface area contributed by atoms with Crippen LogP contribution >= 0.6 is 0 Å². The van der Waals surface area contributed by atoms with Crippen LogP contribution in [0.5, 0.6) is 5.75 Å². The van der Waals surface area contributed by atoms with E-state index >= 15 is 0 Å². The lowest BCUT2D eigenvalue weighted by Crippen LogP contribution is -2.41. The Hall–Kier alpha value is -3.18. The van der Waals surface area contributed by atoms with E-state index in [4.69, 9.17) is 4.74 Å². The molecule has 0 saturated carbocycles. The average molecular weight is 470 g/mol. The van der Waals surface area contributed by atoms with Gasteiger partial charge in [0.1, 0.15) is 5.75 Å². The minimum absolute atomic E-state index is 0.0694. The molecule has 2 aliphatic heterocycles. The van der Waals surface area contributed by atoms with E-state index < -0.39 is 0 Å². The van der Waals surface area contributed by atoms with Crippen molar-refractivity contribution >= 4 is 5.91 Å². The molecule has 2 aliphatic rings. The number of ether oxygens (including phenoxy) is 1. The van der Waals surface area contributed by atoms with Gasteiger partial charge in [-0.3, -0.25) is 14.7 Å². The number of carbonyl (C=O) groups is 1. The number of piperidine rings is 2. The summed E-state index contributed by atoms with van der Waals surface area (Å²) in [6.07, 6.45) is 7.91. The molecule has 2 fully saturated rings. The zero-order valence-electron chi connectivity index (χ0n) is 20.4. The minimum atomic E-state index is 0.0694. The molecule has 1 unspecified atom stereocenters. The molecule has 1 atom stereocenters. The topological polar surface area (TPSA) is 45.7 Å². The van der Waals surface area contributed by atoms with Crippen molar-refractivity contribution < 1.29 is 9.53 Å². The van der Waals surface area contributed by atoms with E-state index in [1.807, 2.05) is 17.0 Å². The molecule has 0 bridgehead atoms. The van der Waals surface area contributed by atoms with E-state index in [-0.39, 0.29) is 5.91 Å². The molecule has 3 heterocycles. The normalized spacial score (nSPS) is 19.4. The van der Waals surface area contributed by atoms with E-state index in [2.05, 4.69) is 64.5 Å². The van der Waals surface area contributed by atoms with Gasteiger partial charge in [0.15, 0.2) is 0 Å². The van der Waals surface area contributed by atoms with Gasteiger partial charge in [-0.2, -0.15) is 0 Å². The first-order valence-electron chi connectivity index (χ1n) is 12.9. The molecule has 0 aliphatic carbocycles. The molecule has 5 rings (SSSR count). The number of hydrogen-bond donors (Lipinski definition) is 0. The van der Waals surface area contributed by atoms with E-state index in [0.717, 1.165) is 51.3 Å². The largest absolute Gasteiger partial charge is 0.493 e. The van der Waals surface area contributed by atoms with Crippen LogP contribution in [0.4, 0.5) is 0 Å². The Morgan fingerprint density at radius 3 is 2.46 bits per heavy atom. The maximum atomic E-state index is 12.8. The van der Waals surface area contributed by atoms with Crippen LogP contribution in [0.25, 0.3) is 0 Å². The molecular formula is C30H35N3O2. The fraction of sp³-hybridized carbons (Fsp3) is 0.400.